The van der Waals surface area contributed by atoms with E-state index in [9.17, 15) is 14.7 Å². The Bertz CT molecular complexity index is 404. The largest absolute Gasteiger partial charge is 0.481 e. The van der Waals surface area contributed by atoms with Gasteiger partial charge >= 0.3 is 12.0 Å². The van der Waals surface area contributed by atoms with E-state index in [1.165, 1.54) is 19.3 Å². The third-order valence-corrected chi connectivity index (χ3v) is 5.35. The van der Waals surface area contributed by atoms with Crippen molar-refractivity contribution in [2.45, 2.75) is 46.5 Å². The van der Waals surface area contributed by atoms with E-state index in [2.05, 4.69) is 12.2 Å². The molecule has 1 aliphatic heterocycles. The normalized spacial score (nSPS) is 28.3. The zero-order chi connectivity index (χ0) is 15.0. The Hall–Kier alpha value is -1.26. The summed E-state index contributed by atoms with van der Waals surface area (Å²) in [6.07, 6.45) is 4.12. The highest BCUT2D eigenvalue weighted by atomic mass is 16.4. The van der Waals surface area contributed by atoms with E-state index in [1.807, 2.05) is 13.8 Å². The number of nitrogens with one attached hydrogen (secondary N) is 1. The standard InChI is InChI=1S/C15H26N2O3/c1-11(2)15(12(18)19)7-8-17(10-15)13(20)16-9-14(3)5-4-6-14/h11H,4-10H2,1-3H3,(H,16,20)(H,18,19). The number of amides is 2. The lowest BCUT2D eigenvalue weighted by Crippen LogP contribution is -2.47. The maximum atomic E-state index is 12.2. The minimum Gasteiger partial charge on any atom is -0.481 e. The van der Waals surface area contributed by atoms with Crippen LogP contribution >= 0.6 is 0 Å². The lowest BCUT2D eigenvalue weighted by molar-refractivity contribution is -0.150. The van der Waals surface area contributed by atoms with Gasteiger partial charge in [0.1, 0.15) is 0 Å². The topological polar surface area (TPSA) is 69.6 Å². The van der Waals surface area contributed by atoms with E-state index in [-0.39, 0.29) is 17.4 Å². The van der Waals surface area contributed by atoms with E-state index in [0.717, 1.165) is 0 Å². The summed E-state index contributed by atoms with van der Waals surface area (Å²) in [6, 6.07) is -0.109. The molecule has 0 aromatic carbocycles. The summed E-state index contributed by atoms with van der Waals surface area (Å²) >= 11 is 0. The molecule has 5 heteroatoms. The summed E-state index contributed by atoms with van der Waals surface area (Å²) < 4.78 is 0. The molecule has 1 atom stereocenters. The van der Waals surface area contributed by atoms with Gasteiger partial charge in [-0.25, -0.2) is 4.79 Å². The molecule has 1 heterocycles. The minimum absolute atomic E-state index is 0.0296. The van der Waals surface area contributed by atoms with Gasteiger partial charge in [-0.3, -0.25) is 4.79 Å². The molecule has 1 unspecified atom stereocenters. The average molecular weight is 282 g/mol. The molecule has 0 aromatic rings. The second kappa shape index (κ2) is 5.26. The summed E-state index contributed by atoms with van der Waals surface area (Å²) in [5.41, 5.74) is -0.533. The molecule has 2 amide bonds. The maximum Gasteiger partial charge on any atom is 0.317 e. The highest BCUT2D eigenvalue weighted by Gasteiger charge is 2.48. The van der Waals surface area contributed by atoms with Crippen molar-refractivity contribution in [2.24, 2.45) is 16.7 Å². The van der Waals surface area contributed by atoms with Gasteiger partial charge in [0, 0.05) is 19.6 Å². The number of hydrogen-bond acceptors (Lipinski definition) is 2. The van der Waals surface area contributed by atoms with Crippen LogP contribution < -0.4 is 5.32 Å². The quantitative estimate of drug-likeness (QED) is 0.831. The zero-order valence-electron chi connectivity index (χ0n) is 12.7. The maximum absolute atomic E-state index is 12.2. The molecule has 0 radical (unpaired) electrons. The summed E-state index contributed by atoms with van der Waals surface area (Å²) in [5.74, 6) is -0.754. The van der Waals surface area contributed by atoms with Gasteiger partial charge < -0.3 is 15.3 Å². The molecule has 1 aliphatic carbocycles. The van der Waals surface area contributed by atoms with Crippen LogP contribution in [0.25, 0.3) is 0 Å². The van der Waals surface area contributed by atoms with Crippen LogP contribution in [0.3, 0.4) is 0 Å². The van der Waals surface area contributed by atoms with Crippen molar-refractivity contribution in [1.29, 1.82) is 0 Å². The number of carboxylic acid groups (broad SMARTS) is 1. The SMILES string of the molecule is CC(C)C1(C(=O)O)CCN(C(=O)NCC2(C)CCC2)C1. The molecule has 0 spiro atoms. The molecule has 2 N–H and O–H groups in total. The number of likely N-dealkylation sites (tertiary alicyclic amines) is 1. The van der Waals surface area contributed by atoms with Crippen LogP contribution in [-0.4, -0.2) is 41.6 Å². The van der Waals surface area contributed by atoms with Crippen molar-refractivity contribution in [3.05, 3.63) is 0 Å². The number of hydrogen-bond donors (Lipinski definition) is 2. The van der Waals surface area contributed by atoms with E-state index in [1.54, 1.807) is 4.90 Å². The number of aliphatic carboxylic acids is 1. The Balaban J connectivity index is 1.91. The van der Waals surface area contributed by atoms with E-state index >= 15 is 0 Å². The van der Waals surface area contributed by atoms with Crippen LogP contribution in [-0.2, 0) is 4.79 Å². The molecule has 1 saturated carbocycles. The number of rotatable bonds is 4. The van der Waals surface area contributed by atoms with Gasteiger partial charge in [-0.1, -0.05) is 27.2 Å². The van der Waals surface area contributed by atoms with Crippen LogP contribution in [0, 0.1) is 16.7 Å². The van der Waals surface area contributed by atoms with Crippen molar-refractivity contribution in [2.75, 3.05) is 19.6 Å². The first-order chi connectivity index (χ1) is 9.29. The smallest absolute Gasteiger partial charge is 0.317 e. The van der Waals surface area contributed by atoms with Gasteiger partial charge in [-0.15, -0.1) is 0 Å². The van der Waals surface area contributed by atoms with Crippen molar-refractivity contribution in [3.63, 3.8) is 0 Å². The molecular formula is C15H26N2O3. The highest BCUT2D eigenvalue weighted by Crippen LogP contribution is 2.40. The van der Waals surface area contributed by atoms with E-state index in [4.69, 9.17) is 0 Å². The average Bonchev–Trinajstić information content (AvgIpc) is 2.80. The summed E-state index contributed by atoms with van der Waals surface area (Å²) in [4.78, 5) is 25.4. The molecule has 2 aliphatic rings. The molecule has 114 valence electrons. The van der Waals surface area contributed by atoms with Gasteiger partial charge in [0.15, 0.2) is 0 Å². The number of urea groups is 1. The van der Waals surface area contributed by atoms with Crippen molar-refractivity contribution < 1.29 is 14.7 Å². The Kier molecular flexibility index (Phi) is 3.98. The third-order valence-electron chi connectivity index (χ3n) is 5.35. The molecule has 1 saturated heterocycles. The first-order valence-corrected chi connectivity index (χ1v) is 7.55. The van der Waals surface area contributed by atoms with E-state index < -0.39 is 11.4 Å². The van der Waals surface area contributed by atoms with Crippen molar-refractivity contribution in [3.8, 4) is 0 Å². The fourth-order valence-electron chi connectivity index (χ4n) is 3.26. The van der Waals surface area contributed by atoms with Gasteiger partial charge in [-0.2, -0.15) is 0 Å². The van der Waals surface area contributed by atoms with Crippen LogP contribution in [0.4, 0.5) is 4.79 Å². The Morgan fingerprint density at radius 2 is 1.95 bits per heavy atom. The summed E-state index contributed by atoms with van der Waals surface area (Å²) in [5, 5.41) is 12.5. The summed E-state index contributed by atoms with van der Waals surface area (Å²) in [6.45, 7) is 7.59. The fraction of sp³-hybridized carbons (Fsp3) is 0.867. The predicted octanol–water partition coefficient (Wildman–Crippen LogP) is 2.32. The minimum atomic E-state index is -0.784. The van der Waals surface area contributed by atoms with Crippen molar-refractivity contribution in [1.82, 2.24) is 10.2 Å². The molecule has 0 bridgehead atoms. The monoisotopic (exact) mass is 282 g/mol. The first-order valence-electron chi connectivity index (χ1n) is 7.55. The number of carbonyl (C=O) groups is 2. The fourth-order valence-corrected chi connectivity index (χ4v) is 3.26. The lowest BCUT2D eigenvalue weighted by Gasteiger charge is -2.38. The molecule has 0 aromatic heterocycles. The Labute approximate surface area is 120 Å². The zero-order valence-corrected chi connectivity index (χ0v) is 12.7. The number of nitrogens with zero attached hydrogens (tertiary/aromatic N) is 1. The predicted molar refractivity (Wildman–Crippen MR) is 76.5 cm³/mol. The molecule has 2 rings (SSSR count). The summed E-state index contributed by atoms with van der Waals surface area (Å²) in [7, 11) is 0. The van der Waals surface area contributed by atoms with Crippen LogP contribution in [0.1, 0.15) is 46.5 Å². The lowest BCUT2D eigenvalue weighted by atomic mass is 9.70. The van der Waals surface area contributed by atoms with Crippen LogP contribution in [0.2, 0.25) is 0 Å². The van der Waals surface area contributed by atoms with Gasteiger partial charge in [0.2, 0.25) is 0 Å². The molecule has 5 nitrogen and oxygen atoms in total. The molecule has 2 fully saturated rings. The van der Waals surface area contributed by atoms with Crippen LogP contribution in [0.15, 0.2) is 0 Å². The first kappa shape index (κ1) is 15.1. The van der Waals surface area contributed by atoms with Crippen molar-refractivity contribution >= 4 is 12.0 Å². The Morgan fingerprint density at radius 1 is 1.30 bits per heavy atom. The van der Waals surface area contributed by atoms with Gasteiger partial charge in [0.05, 0.1) is 5.41 Å². The number of carboxylic acids is 1. The second-order valence-corrected chi connectivity index (χ2v) is 7.11. The van der Waals surface area contributed by atoms with Gasteiger partial charge in [0.25, 0.3) is 0 Å². The van der Waals surface area contributed by atoms with Gasteiger partial charge in [-0.05, 0) is 30.6 Å². The second-order valence-electron chi connectivity index (χ2n) is 7.11. The van der Waals surface area contributed by atoms with Crippen LogP contribution in [0.5, 0.6) is 0 Å². The Morgan fingerprint density at radius 3 is 2.35 bits per heavy atom. The molecule has 20 heavy (non-hydrogen) atoms. The highest BCUT2D eigenvalue weighted by molar-refractivity contribution is 5.80. The van der Waals surface area contributed by atoms with E-state index in [0.29, 0.717) is 26.1 Å². The number of carbonyl (C=O) groups excluding carboxylic acids is 1. The third kappa shape index (κ3) is 2.63. The molecular weight excluding hydrogens is 256 g/mol.